The molecule has 2 aromatic rings. The summed E-state index contributed by atoms with van der Waals surface area (Å²) in [6.07, 6.45) is 6.95. The molecule has 0 unspecified atom stereocenters. The Bertz CT molecular complexity index is 780. The van der Waals surface area contributed by atoms with E-state index in [0.717, 1.165) is 18.6 Å². The molecule has 4 rings (SSSR count). The van der Waals surface area contributed by atoms with Gasteiger partial charge in [0.05, 0.1) is 7.11 Å². The van der Waals surface area contributed by atoms with Crippen molar-refractivity contribution in [1.82, 2.24) is 0 Å². The van der Waals surface area contributed by atoms with Crippen LogP contribution in [-0.2, 0) is 11.8 Å². The van der Waals surface area contributed by atoms with E-state index in [2.05, 4.69) is 67.6 Å². The lowest BCUT2D eigenvalue weighted by Gasteiger charge is -2.36. The average Bonchev–Trinajstić information content (AvgIpc) is 2.90. The molecule has 2 aliphatic carbocycles. The molecule has 1 atom stereocenters. The summed E-state index contributed by atoms with van der Waals surface area (Å²) in [5.74, 6) is 0.921. The molecule has 1 heteroatoms. The highest BCUT2D eigenvalue weighted by Gasteiger charge is 2.42. The van der Waals surface area contributed by atoms with Crippen molar-refractivity contribution in [2.24, 2.45) is 0 Å². The van der Waals surface area contributed by atoms with Gasteiger partial charge in [0.15, 0.2) is 0 Å². The van der Waals surface area contributed by atoms with Gasteiger partial charge < -0.3 is 4.74 Å². The van der Waals surface area contributed by atoms with Crippen molar-refractivity contribution in [1.29, 1.82) is 0 Å². The molecule has 2 aromatic carbocycles. The predicted octanol–water partition coefficient (Wildman–Crippen LogP) is 4.92. The molecule has 1 nitrogen and oxygen atoms in total. The van der Waals surface area contributed by atoms with E-state index >= 15 is 0 Å². The second-order valence-electron chi connectivity index (χ2n) is 6.34. The van der Waals surface area contributed by atoms with Gasteiger partial charge in [-0.05, 0) is 54.2 Å². The molecule has 0 amide bonds. The number of fused-ring (bicyclic) bond motifs is 2. The lowest BCUT2D eigenvalue weighted by Crippen LogP contribution is -2.31. The highest BCUT2D eigenvalue weighted by Crippen LogP contribution is 2.51. The van der Waals surface area contributed by atoms with Crippen molar-refractivity contribution >= 4 is 6.08 Å². The maximum atomic E-state index is 5.32. The van der Waals surface area contributed by atoms with Crippen LogP contribution in [-0.4, -0.2) is 7.11 Å². The Kier molecular flexibility index (Phi) is 2.97. The third kappa shape index (κ3) is 1.85. The lowest BCUT2D eigenvalue weighted by molar-refractivity contribution is 0.414. The molecule has 0 spiro atoms. The van der Waals surface area contributed by atoms with Gasteiger partial charge in [-0.2, -0.15) is 0 Å². The average molecular weight is 288 g/mol. The molecule has 2 aliphatic rings. The molecular formula is C21H20O. The van der Waals surface area contributed by atoms with Crippen LogP contribution in [0.1, 0.15) is 30.0 Å². The molecule has 110 valence electrons. The van der Waals surface area contributed by atoms with Crippen molar-refractivity contribution < 1.29 is 4.74 Å². The summed E-state index contributed by atoms with van der Waals surface area (Å²) in [6.45, 7) is 2.24. The van der Waals surface area contributed by atoms with Crippen LogP contribution in [0.2, 0.25) is 0 Å². The zero-order valence-corrected chi connectivity index (χ0v) is 13.1. The summed E-state index contributed by atoms with van der Waals surface area (Å²) < 4.78 is 5.32. The zero-order chi connectivity index (χ0) is 15.2. The van der Waals surface area contributed by atoms with E-state index in [1.165, 1.54) is 27.8 Å². The predicted molar refractivity (Wildman–Crippen MR) is 91.2 cm³/mol. The molecule has 0 aliphatic heterocycles. The van der Waals surface area contributed by atoms with Crippen LogP contribution in [0.15, 0.2) is 65.8 Å². The Morgan fingerprint density at radius 2 is 1.77 bits per heavy atom. The Morgan fingerprint density at radius 1 is 1.00 bits per heavy atom. The third-order valence-electron chi connectivity index (χ3n) is 5.19. The monoisotopic (exact) mass is 288 g/mol. The van der Waals surface area contributed by atoms with E-state index in [0.29, 0.717) is 0 Å². The molecule has 0 heterocycles. The number of allylic oxidation sites excluding steroid dienone is 3. The maximum absolute atomic E-state index is 5.32. The molecule has 0 saturated heterocycles. The van der Waals surface area contributed by atoms with Gasteiger partial charge in [-0.3, -0.25) is 0 Å². The first-order valence-electron chi connectivity index (χ1n) is 7.85. The van der Waals surface area contributed by atoms with Crippen LogP contribution in [0.4, 0.5) is 0 Å². The molecular weight excluding hydrogens is 268 g/mol. The smallest absolute Gasteiger partial charge is 0.118 e. The summed E-state index contributed by atoms with van der Waals surface area (Å²) in [7, 11) is 1.72. The molecule has 0 fully saturated rings. The van der Waals surface area contributed by atoms with Gasteiger partial charge in [-0.15, -0.1) is 0 Å². The largest absolute Gasteiger partial charge is 0.497 e. The summed E-state index contributed by atoms with van der Waals surface area (Å²) in [5, 5.41) is 0. The van der Waals surface area contributed by atoms with Crippen LogP contribution in [0, 0.1) is 0 Å². The first-order chi connectivity index (χ1) is 10.7. The summed E-state index contributed by atoms with van der Waals surface area (Å²) in [6, 6.07) is 17.4. The fourth-order valence-corrected chi connectivity index (χ4v) is 3.95. The summed E-state index contributed by atoms with van der Waals surface area (Å²) in [4.78, 5) is 0. The number of rotatable bonds is 2. The van der Waals surface area contributed by atoms with E-state index < -0.39 is 0 Å². The van der Waals surface area contributed by atoms with Crippen LogP contribution >= 0.6 is 0 Å². The van der Waals surface area contributed by atoms with Crippen LogP contribution in [0.5, 0.6) is 5.75 Å². The highest BCUT2D eigenvalue weighted by atomic mass is 16.5. The second-order valence-corrected chi connectivity index (χ2v) is 6.34. The Labute approximate surface area is 131 Å². The number of methoxy groups -OCH3 is 1. The SMILES string of the molecule is COc1ccc([C@@]23CC=C(C)C2=Cc2ccccc2C3)cc1. The van der Waals surface area contributed by atoms with Crippen molar-refractivity contribution in [3.8, 4) is 5.75 Å². The normalized spacial score (nSPS) is 22.5. The van der Waals surface area contributed by atoms with E-state index in [-0.39, 0.29) is 5.41 Å². The maximum Gasteiger partial charge on any atom is 0.118 e. The Morgan fingerprint density at radius 3 is 2.55 bits per heavy atom. The highest BCUT2D eigenvalue weighted by molar-refractivity contribution is 5.71. The van der Waals surface area contributed by atoms with Gasteiger partial charge in [0.2, 0.25) is 0 Å². The first-order valence-corrected chi connectivity index (χ1v) is 7.85. The third-order valence-corrected chi connectivity index (χ3v) is 5.19. The standard InChI is InChI=1S/C21H20O/c1-15-11-12-21(18-7-9-19(22-2)10-8-18)14-17-6-4-3-5-16(17)13-20(15)21/h3-11,13H,12,14H2,1-2H3/t21-/m0/s1. The molecule has 0 radical (unpaired) electrons. The van der Waals surface area contributed by atoms with Gasteiger partial charge in [0.25, 0.3) is 0 Å². The topological polar surface area (TPSA) is 9.23 Å². The first kappa shape index (κ1) is 13.4. The van der Waals surface area contributed by atoms with Gasteiger partial charge in [0, 0.05) is 5.41 Å². The molecule has 0 aromatic heterocycles. The fourth-order valence-electron chi connectivity index (χ4n) is 3.95. The van der Waals surface area contributed by atoms with Crippen LogP contribution in [0.25, 0.3) is 6.08 Å². The van der Waals surface area contributed by atoms with Gasteiger partial charge in [-0.25, -0.2) is 0 Å². The minimum absolute atomic E-state index is 0.102. The zero-order valence-electron chi connectivity index (χ0n) is 13.1. The van der Waals surface area contributed by atoms with Gasteiger partial charge >= 0.3 is 0 Å². The summed E-state index contributed by atoms with van der Waals surface area (Å²) in [5.41, 5.74) is 7.22. The number of ether oxygens (including phenoxy) is 1. The van der Waals surface area contributed by atoms with Gasteiger partial charge in [-0.1, -0.05) is 54.1 Å². The van der Waals surface area contributed by atoms with Gasteiger partial charge in [0.1, 0.15) is 5.75 Å². The van der Waals surface area contributed by atoms with Crippen LogP contribution < -0.4 is 4.74 Å². The fraction of sp³-hybridized carbons (Fsp3) is 0.238. The van der Waals surface area contributed by atoms with E-state index in [9.17, 15) is 0 Å². The van der Waals surface area contributed by atoms with Crippen molar-refractivity contribution in [2.45, 2.75) is 25.2 Å². The number of hydrogen-bond acceptors (Lipinski definition) is 1. The molecule has 0 saturated carbocycles. The number of benzene rings is 2. The van der Waals surface area contributed by atoms with E-state index in [1.54, 1.807) is 7.11 Å². The van der Waals surface area contributed by atoms with Crippen LogP contribution in [0.3, 0.4) is 0 Å². The quantitative estimate of drug-likeness (QED) is 0.762. The van der Waals surface area contributed by atoms with E-state index in [1.807, 2.05) is 0 Å². The van der Waals surface area contributed by atoms with Crippen molar-refractivity contribution in [2.75, 3.05) is 7.11 Å². The van der Waals surface area contributed by atoms with Crippen molar-refractivity contribution in [3.05, 3.63) is 82.4 Å². The molecule has 0 N–H and O–H groups in total. The number of hydrogen-bond donors (Lipinski definition) is 0. The lowest BCUT2D eigenvalue weighted by atomic mass is 9.66. The second kappa shape index (κ2) is 4.88. The Hall–Kier alpha value is -2.28. The molecule has 22 heavy (non-hydrogen) atoms. The minimum Gasteiger partial charge on any atom is -0.497 e. The minimum atomic E-state index is 0.102. The van der Waals surface area contributed by atoms with Crippen molar-refractivity contribution in [3.63, 3.8) is 0 Å². The summed E-state index contributed by atoms with van der Waals surface area (Å²) >= 11 is 0. The molecule has 0 bridgehead atoms. The van der Waals surface area contributed by atoms with E-state index in [4.69, 9.17) is 4.74 Å². The Balaban J connectivity index is 1.86.